The Morgan fingerprint density at radius 3 is 2.62 bits per heavy atom. The molecule has 1 N–H and O–H groups in total. The van der Waals surface area contributed by atoms with Crippen molar-refractivity contribution in [2.45, 2.75) is 31.6 Å². The Morgan fingerprint density at radius 1 is 1.18 bits per heavy atom. The van der Waals surface area contributed by atoms with Gasteiger partial charge in [-0.25, -0.2) is 20.3 Å². The molecule has 2 saturated heterocycles. The highest BCUT2D eigenvalue weighted by Gasteiger charge is 2.24. The molecule has 2 aliphatic rings. The Balaban J connectivity index is 1.27. The van der Waals surface area contributed by atoms with Crippen LogP contribution in [0.4, 0.5) is 5.95 Å². The summed E-state index contributed by atoms with van der Waals surface area (Å²) in [6.07, 6.45) is 9.85. The molecule has 4 rings (SSSR count). The summed E-state index contributed by atoms with van der Waals surface area (Å²) < 4.78 is 10.9. The average molecular weight is 468 g/mol. The Labute approximate surface area is 200 Å². The third-order valence-corrected chi connectivity index (χ3v) is 6.04. The maximum absolute atomic E-state index is 12.3. The standard InChI is InChI=1S/C25H33N5O4/c1-32-19-22(11-10-20-7-3-2-4-8-20)29-12-14-30(15-13-29)25-26-17-21(18-27-25)24(31)28-34-23-9-5-6-16-33-23/h2-4,7-8,10-11,17-18,22-23H,5-6,9,12-16,19H2,1H3,(H,28,31)/b11-10+. The second kappa shape index (κ2) is 12.6. The molecule has 3 heterocycles. The van der Waals surface area contributed by atoms with E-state index in [-0.39, 0.29) is 11.9 Å². The second-order valence-electron chi connectivity index (χ2n) is 8.43. The zero-order valence-electron chi connectivity index (χ0n) is 19.6. The number of piperazine rings is 1. The van der Waals surface area contributed by atoms with E-state index in [4.69, 9.17) is 14.3 Å². The molecule has 1 aromatic heterocycles. The van der Waals surface area contributed by atoms with Gasteiger partial charge in [-0.1, -0.05) is 42.5 Å². The summed E-state index contributed by atoms with van der Waals surface area (Å²) in [6.45, 7) is 4.63. The fourth-order valence-electron chi connectivity index (χ4n) is 4.08. The molecule has 0 bridgehead atoms. The summed E-state index contributed by atoms with van der Waals surface area (Å²) in [6, 6.07) is 10.5. The van der Waals surface area contributed by atoms with Gasteiger partial charge in [0.15, 0.2) is 6.29 Å². The number of carbonyl (C=O) groups excluding carboxylic acids is 1. The van der Waals surface area contributed by atoms with Crippen molar-refractivity contribution in [2.75, 3.05) is 51.4 Å². The van der Waals surface area contributed by atoms with Gasteiger partial charge in [-0.15, -0.1) is 0 Å². The lowest BCUT2D eigenvalue weighted by Gasteiger charge is -2.38. The topological polar surface area (TPSA) is 89.1 Å². The van der Waals surface area contributed by atoms with E-state index in [0.29, 0.717) is 24.7 Å². The summed E-state index contributed by atoms with van der Waals surface area (Å²) in [5.41, 5.74) is 3.97. The number of hydrogen-bond donors (Lipinski definition) is 1. The van der Waals surface area contributed by atoms with Gasteiger partial charge in [0.1, 0.15) is 0 Å². The van der Waals surface area contributed by atoms with Crippen molar-refractivity contribution in [2.24, 2.45) is 0 Å². The van der Waals surface area contributed by atoms with E-state index in [1.807, 2.05) is 18.2 Å². The van der Waals surface area contributed by atoms with Gasteiger partial charge in [-0.05, 0) is 18.4 Å². The molecule has 34 heavy (non-hydrogen) atoms. The summed E-state index contributed by atoms with van der Waals surface area (Å²) in [4.78, 5) is 31.0. The van der Waals surface area contributed by atoms with E-state index in [1.54, 1.807) is 7.11 Å². The first-order valence-corrected chi connectivity index (χ1v) is 11.8. The molecular weight excluding hydrogens is 434 g/mol. The van der Waals surface area contributed by atoms with Crippen molar-refractivity contribution in [1.82, 2.24) is 20.3 Å². The molecule has 9 nitrogen and oxygen atoms in total. The van der Waals surface area contributed by atoms with Crippen LogP contribution < -0.4 is 10.4 Å². The predicted octanol–water partition coefficient (Wildman–Crippen LogP) is 2.52. The highest BCUT2D eigenvalue weighted by Crippen LogP contribution is 2.16. The number of nitrogens with one attached hydrogen (secondary N) is 1. The quantitative estimate of drug-likeness (QED) is 0.563. The average Bonchev–Trinajstić information content (AvgIpc) is 2.91. The molecule has 182 valence electrons. The van der Waals surface area contributed by atoms with Gasteiger partial charge in [0.05, 0.1) is 18.2 Å². The van der Waals surface area contributed by atoms with E-state index in [9.17, 15) is 4.79 Å². The highest BCUT2D eigenvalue weighted by molar-refractivity contribution is 5.92. The fraction of sp³-hybridized carbons (Fsp3) is 0.480. The lowest BCUT2D eigenvalue weighted by molar-refractivity contribution is -0.186. The van der Waals surface area contributed by atoms with Gasteiger partial charge in [0.2, 0.25) is 5.95 Å². The number of benzene rings is 1. The first-order chi connectivity index (χ1) is 16.7. The third-order valence-electron chi connectivity index (χ3n) is 6.04. The Hall–Kier alpha value is -2.85. The molecule has 2 unspecified atom stereocenters. The van der Waals surface area contributed by atoms with Crippen LogP contribution in [-0.2, 0) is 14.3 Å². The van der Waals surface area contributed by atoms with Crippen molar-refractivity contribution in [3.05, 3.63) is 59.9 Å². The number of nitrogens with zero attached hydrogens (tertiary/aromatic N) is 4. The van der Waals surface area contributed by atoms with Gasteiger partial charge in [0, 0.05) is 58.7 Å². The molecule has 0 radical (unpaired) electrons. The van der Waals surface area contributed by atoms with Gasteiger partial charge < -0.3 is 14.4 Å². The minimum Gasteiger partial charge on any atom is -0.383 e. The molecule has 2 atom stereocenters. The molecule has 2 aliphatic heterocycles. The molecule has 1 amide bonds. The van der Waals surface area contributed by atoms with Crippen molar-refractivity contribution >= 4 is 17.9 Å². The van der Waals surface area contributed by atoms with Crippen molar-refractivity contribution in [3.8, 4) is 0 Å². The number of aromatic nitrogens is 2. The van der Waals surface area contributed by atoms with E-state index in [0.717, 1.165) is 45.4 Å². The predicted molar refractivity (Wildman–Crippen MR) is 129 cm³/mol. The second-order valence-corrected chi connectivity index (χ2v) is 8.43. The van der Waals surface area contributed by atoms with Gasteiger partial charge >= 0.3 is 0 Å². The van der Waals surface area contributed by atoms with Crippen LogP contribution in [0.3, 0.4) is 0 Å². The molecule has 2 fully saturated rings. The fourth-order valence-corrected chi connectivity index (χ4v) is 4.08. The smallest absolute Gasteiger partial charge is 0.278 e. The number of ether oxygens (including phenoxy) is 2. The van der Waals surface area contributed by atoms with Gasteiger partial charge in [-0.2, -0.15) is 0 Å². The van der Waals surface area contributed by atoms with Gasteiger partial charge in [-0.3, -0.25) is 9.69 Å². The SMILES string of the molecule is COCC(/C=C/c1ccccc1)N1CCN(c2ncc(C(=O)NOC3CCCCO3)cn2)CC1. The number of carbonyl (C=O) groups is 1. The van der Waals surface area contributed by atoms with E-state index < -0.39 is 6.29 Å². The molecule has 2 aromatic rings. The van der Waals surface area contributed by atoms with E-state index in [1.165, 1.54) is 18.0 Å². The van der Waals surface area contributed by atoms with E-state index >= 15 is 0 Å². The highest BCUT2D eigenvalue weighted by atomic mass is 16.8. The molecule has 0 spiro atoms. The van der Waals surface area contributed by atoms with E-state index in [2.05, 4.69) is 49.5 Å². The normalized spacial score (nSPS) is 20.4. The summed E-state index contributed by atoms with van der Waals surface area (Å²) in [5, 5.41) is 0. The number of anilines is 1. The summed E-state index contributed by atoms with van der Waals surface area (Å²) >= 11 is 0. The number of methoxy groups -OCH3 is 1. The zero-order valence-corrected chi connectivity index (χ0v) is 19.6. The first kappa shape index (κ1) is 24.3. The molecule has 9 heteroatoms. The van der Waals surface area contributed by atoms with Crippen molar-refractivity contribution < 1.29 is 19.1 Å². The number of hydroxylamine groups is 1. The van der Waals surface area contributed by atoms with Crippen LogP contribution in [0.15, 0.2) is 48.8 Å². The molecule has 0 aliphatic carbocycles. The van der Waals surface area contributed by atoms with Crippen LogP contribution in [0.25, 0.3) is 6.08 Å². The zero-order chi connectivity index (χ0) is 23.6. The lowest BCUT2D eigenvalue weighted by Crippen LogP contribution is -2.51. The molecule has 1 aromatic carbocycles. The van der Waals surface area contributed by atoms with Crippen LogP contribution in [0.2, 0.25) is 0 Å². The largest absolute Gasteiger partial charge is 0.383 e. The minimum absolute atomic E-state index is 0.201. The Morgan fingerprint density at radius 2 is 1.94 bits per heavy atom. The lowest BCUT2D eigenvalue weighted by atomic mass is 10.1. The van der Waals surface area contributed by atoms with Crippen LogP contribution in [-0.4, -0.2) is 79.6 Å². The van der Waals surface area contributed by atoms with Gasteiger partial charge in [0.25, 0.3) is 5.91 Å². The maximum atomic E-state index is 12.3. The third kappa shape index (κ3) is 6.83. The number of rotatable bonds is 9. The first-order valence-electron chi connectivity index (χ1n) is 11.8. The Bertz CT molecular complexity index is 911. The Kier molecular flexibility index (Phi) is 8.97. The summed E-state index contributed by atoms with van der Waals surface area (Å²) in [5.74, 6) is 0.244. The number of amides is 1. The van der Waals surface area contributed by atoms with Crippen molar-refractivity contribution in [3.63, 3.8) is 0 Å². The van der Waals surface area contributed by atoms with Crippen LogP contribution in [0, 0.1) is 0 Å². The van der Waals surface area contributed by atoms with Crippen LogP contribution in [0.1, 0.15) is 35.2 Å². The maximum Gasteiger partial charge on any atom is 0.278 e. The van der Waals surface area contributed by atoms with Crippen LogP contribution >= 0.6 is 0 Å². The monoisotopic (exact) mass is 467 g/mol. The van der Waals surface area contributed by atoms with Crippen LogP contribution in [0.5, 0.6) is 0 Å². The summed E-state index contributed by atoms with van der Waals surface area (Å²) in [7, 11) is 1.73. The van der Waals surface area contributed by atoms with Crippen molar-refractivity contribution in [1.29, 1.82) is 0 Å². The minimum atomic E-state index is -0.390. The molecule has 0 saturated carbocycles. The molecular formula is C25H33N5O4. The number of hydrogen-bond acceptors (Lipinski definition) is 8.